The first-order chi connectivity index (χ1) is 15.1. The number of amides is 2. The Labute approximate surface area is 177 Å². The summed E-state index contributed by atoms with van der Waals surface area (Å²) >= 11 is 0. The van der Waals surface area contributed by atoms with Crippen LogP contribution in [-0.2, 0) is 15.1 Å². The van der Waals surface area contributed by atoms with Crippen molar-refractivity contribution in [2.24, 2.45) is 5.92 Å². The van der Waals surface area contributed by atoms with Gasteiger partial charge in [0.15, 0.2) is 0 Å². The van der Waals surface area contributed by atoms with Crippen molar-refractivity contribution in [3.63, 3.8) is 0 Å². The van der Waals surface area contributed by atoms with Crippen molar-refractivity contribution < 1.29 is 27.2 Å². The van der Waals surface area contributed by atoms with E-state index in [1.54, 1.807) is 10.3 Å². The van der Waals surface area contributed by atoms with Crippen molar-refractivity contribution in [3.05, 3.63) is 56.5 Å². The smallest absolute Gasteiger partial charge is 0.330 e. The molecule has 2 amide bonds. The topological polar surface area (TPSA) is 113 Å². The molecular formula is C20H18F4N4O4. The van der Waals surface area contributed by atoms with Crippen LogP contribution in [0, 0.1) is 11.7 Å². The Bertz CT molecular complexity index is 1200. The van der Waals surface area contributed by atoms with Crippen molar-refractivity contribution >= 4 is 17.6 Å². The quantitative estimate of drug-likeness (QED) is 0.617. The first kappa shape index (κ1) is 21.8. The van der Waals surface area contributed by atoms with Crippen molar-refractivity contribution in [1.29, 1.82) is 0 Å². The normalized spacial score (nSPS) is 21.2. The van der Waals surface area contributed by atoms with Crippen LogP contribution in [0.25, 0.3) is 5.69 Å². The summed E-state index contributed by atoms with van der Waals surface area (Å²) in [4.78, 5) is 52.2. The molecule has 8 nitrogen and oxygen atoms in total. The van der Waals surface area contributed by atoms with E-state index in [-0.39, 0.29) is 5.69 Å². The van der Waals surface area contributed by atoms with Gasteiger partial charge in [-0.2, -0.15) is 13.2 Å². The van der Waals surface area contributed by atoms with Gasteiger partial charge in [-0.1, -0.05) is 19.3 Å². The second kappa shape index (κ2) is 7.61. The third-order valence-electron chi connectivity index (χ3n) is 5.86. The van der Waals surface area contributed by atoms with Crippen LogP contribution in [-0.4, -0.2) is 27.5 Å². The van der Waals surface area contributed by atoms with E-state index in [9.17, 15) is 36.7 Å². The van der Waals surface area contributed by atoms with E-state index < -0.39 is 57.9 Å². The molecule has 170 valence electrons. The number of nitrogens with zero attached hydrogens (tertiary/aromatic N) is 1. The number of aromatic nitrogens is 2. The fourth-order valence-electron chi connectivity index (χ4n) is 4.27. The molecule has 0 saturated heterocycles. The Morgan fingerprint density at radius 3 is 2.28 bits per heavy atom. The Balaban J connectivity index is 1.92. The van der Waals surface area contributed by atoms with E-state index >= 15 is 0 Å². The highest BCUT2D eigenvalue weighted by Gasteiger charge is 2.68. The SMILES string of the molecule is O=C(N[C@@]1(C(F)(F)F)C(=O)Nc2c1c(=O)[nH]c(=O)n2-c1ccc(F)cc1)C1CCCCC1. The number of nitrogens with one attached hydrogen (secondary N) is 3. The summed E-state index contributed by atoms with van der Waals surface area (Å²) in [5, 5.41) is 3.73. The van der Waals surface area contributed by atoms with E-state index in [2.05, 4.69) is 0 Å². The lowest BCUT2D eigenvalue weighted by Crippen LogP contribution is -2.63. The number of rotatable bonds is 3. The van der Waals surface area contributed by atoms with Gasteiger partial charge in [0.05, 0.1) is 5.69 Å². The lowest BCUT2D eigenvalue weighted by Gasteiger charge is -2.32. The first-order valence-corrected chi connectivity index (χ1v) is 9.92. The molecule has 1 saturated carbocycles. The lowest BCUT2D eigenvalue weighted by molar-refractivity contribution is -0.201. The number of hydrogen-bond donors (Lipinski definition) is 3. The van der Waals surface area contributed by atoms with Gasteiger partial charge in [-0.15, -0.1) is 0 Å². The maximum absolute atomic E-state index is 14.4. The Kier molecular flexibility index (Phi) is 5.18. The second-order valence-corrected chi connectivity index (χ2v) is 7.82. The summed E-state index contributed by atoms with van der Waals surface area (Å²) in [6, 6.07) is 4.10. The number of alkyl halides is 3. The van der Waals surface area contributed by atoms with Crippen molar-refractivity contribution in [1.82, 2.24) is 14.9 Å². The highest BCUT2D eigenvalue weighted by atomic mass is 19.4. The van der Waals surface area contributed by atoms with Crippen molar-refractivity contribution in [3.8, 4) is 5.69 Å². The monoisotopic (exact) mass is 454 g/mol. The number of H-pyrrole nitrogens is 1. The van der Waals surface area contributed by atoms with Gasteiger partial charge in [-0.3, -0.25) is 19.4 Å². The van der Waals surface area contributed by atoms with Crippen LogP contribution in [0.4, 0.5) is 23.4 Å². The molecule has 0 spiro atoms. The maximum Gasteiger partial charge on any atom is 0.425 e. The number of benzene rings is 1. The minimum absolute atomic E-state index is 0.0965. The van der Waals surface area contributed by atoms with E-state index in [1.807, 2.05) is 5.32 Å². The zero-order chi connectivity index (χ0) is 23.3. The average molecular weight is 454 g/mol. The molecule has 1 aliphatic heterocycles. The molecule has 1 aromatic heterocycles. The van der Waals surface area contributed by atoms with Gasteiger partial charge in [0, 0.05) is 5.92 Å². The number of carbonyl (C=O) groups excluding carboxylic acids is 2. The van der Waals surface area contributed by atoms with E-state index in [1.165, 1.54) is 0 Å². The molecule has 1 aliphatic carbocycles. The Morgan fingerprint density at radius 2 is 1.69 bits per heavy atom. The summed E-state index contributed by atoms with van der Waals surface area (Å²) in [7, 11) is 0. The van der Waals surface area contributed by atoms with Gasteiger partial charge in [0.1, 0.15) is 17.2 Å². The van der Waals surface area contributed by atoms with Crippen LogP contribution >= 0.6 is 0 Å². The largest absolute Gasteiger partial charge is 0.425 e. The molecule has 2 aliphatic rings. The van der Waals surface area contributed by atoms with Crippen molar-refractivity contribution in [2.45, 2.75) is 43.8 Å². The number of fused-ring (bicyclic) bond motifs is 1. The summed E-state index contributed by atoms with van der Waals surface area (Å²) < 4.78 is 57.0. The molecule has 1 aromatic carbocycles. The minimum atomic E-state index is -5.40. The van der Waals surface area contributed by atoms with Crippen LogP contribution in [0.1, 0.15) is 37.7 Å². The molecule has 3 N–H and O–H groups in total. The van der Waals surface area contributed by atoms with Gasteiger partial charge in [-0.05, 0) is 37.1 Å². The highest BCUT2D eigenvalue weighted by Crippen LogP contribution is 2.45. The predicted octanol–water partition coefficient (Wildman–Crippen LogP) is 2.07. The number of carbonyl (C=O) groups is 2. The van der Waals surface area contributed by atoms with Crippen molar-refractivity contribution in [2.75, 3.05) is 5.32 Å². The van der Waals surface area contributed by atoms with E-state index in [0.717, 1.165) is 30.7 Å². The number of anilines is 1. The fourth-order valence-corrected chi connectivity index (χ4v) is 4.27. The van der Waals surface area contributed by atoms with Crippen LogP contribution in [0.3, 0.4) is 0 Å². The summed E-state index contributed by atoms with van der Waals surface area (Å²) in [5.74, 6) is -4.85. The van der Waals surface area contributed by atoms with Crippen LogP contribution in [0.15, 0.2) is 33.9 Å². The second-order valence-electron chi connectivity index (χ2n) is 7.82. The molecule has 0 bridgehead atoms. The molecule has 1 fully saturated rings. The average Bonchev–Trinajstić information content (AvgIpc) is 3.03. The van der Waals surface area contributed by atoms with Gasteiger partial charge in [-0.25, -0.2) is 13.8 Å². The molecular weight excluding hydrogens is 436 g/mol. The van der Waals surface area contributed by atoms with Crippen LogP contribution in [0.5, 0.6) is 0 Å². The molecule has 12 heteroatoms. The highest BCUT2D eigenvalue weighted by molar-refractivity contribution is 6.08. The zero-order valence-corrected chi connectivity index (χ0v) is 16.5. The molecule has 2 aromatic rings. The summed E-state index contributed by atoms with van der Waals surface area (Å²) in [6.45, 7) is 0. The molecule has 32 heavy (non-hydrogen) atoms. The van der Waals surface area contributed by atoms with Gasteiger partial charge < -0.3 is 10.6 Å². The lowest BCUT2D eigenvalue weighted by atomic mass is 9.86. The molecule has 4 rings (SSSR count). The van der Waals surface area contributed by atoms with Crippen LogP contribution in [0.2, 0.25) is 0 Å². The standard InChI is InChI=1S/C20H18F4N4O4/c21-11-6-8-12(9-7-11)28-14-13(16(30)26-18(28)32)19(17(31)25-14,20(22,23)24)27-15(29)10-4-2-1-3-5-10/h6-10H,1-5H2,(H,25,31)(H,27,29)(H,26,30,32)/t19-/m1/s1. The number of halogens is 4. The van der Waals surface area contributed by atoms with E-state index in [4.69, 9.17) is 0 Å². The molecule has 1 atom stereocenters. The third kappa shape index (κ3) is 3.30. The first-order valence-electron chi connectivity index (χ1n) is 9.92. The minimum Gasteiger partial charge on any atom is -0.330 e. The number of hydrogen-bond acceptors (Lipinski definition) is 4. The Hall–Kier alpha value is -3.44. The predicted molar refractivity (Wildman–Crippen MR) is 104 cm³/mol. The Morgan fingerprint density at radius 1 is 1.06 bits per heavy atom. The summed E-state index contributed by atoms with van der Waals surface area (Å²) in [5.41, 5.74) is -7.54. The van der Waals surface area contributed by atoms with Gasteiger partial charge >= 0.3 is 11.9 Å². The molecule has 0 radical (unpaired) electrons. The third-order valence-corrected chi connectivity index (χ3v) is 5.86. The van der Waals surface area contributed by atoms with Gasteiger partial charge in [0.25, 0.3) is 11.5 Å². The zero-order valence-electron chi connectivity index (χ0n) is 16.5. The van der Waals surface area contributed by atoms with E-state index in [0.29, 0.717) is 30.3 Å². The maximum atomic E-state index is 14.4. The molecule has 0 unspecified atom stereocenters. The van der Waals surface area contributed by atoms with Gasteiger partial charge in [0.2, 0.25) is 11.4 Å². The molecule has 2 heterocycles. The van der Waals surface area contributed by atoms with Crippen LogP contribution < -0.4 is 21.9 Å². The fraction of sp³-hybridized carbons (Fsp3) is 0.400. The number of aromatic amines is 1. The summed E-state index contributed by atoms with van der Waals surface area (Å²) in [6.07, 6.45) is -2.51.